The summed E-state index contributed by atoms with van der Waals surface area (Å²) in [6.45, 7) is 5.37. The van der Waals surface area contributed by atoms with Crippen LogP contribution in [0.4, 0.5) is 0 Å². The average molecular weight is 383 g/mol. The maximum atomic E-state index is 13.3. The third-order valence-electron chi connectivity index (χ3n) is 5.06. The Bertz CT molecular complexity index is 1400. The summed E-state index contributed by atoms with van der Waals surface area (Å²) in [5, 5.41) is 0.539. The van der Waals surface area contributed by atoms with Crippen molar-refractivity contribution in [2.24, 2.45) is 5.92 Å². The van der Waals surface area contributed by atoms with Crippen molar-refractivity contribution < 1.29 is 0 Å². The van der Waals surface area contributed by atoms with Gasteiger partial charge in [-0.05, 0) is 23.6 Å². The first-order chi connectivity index (χ1) is 14.1. The summed E-state index contributed by atoms with van der Waals surface area (Å²) in [4.78, 5) is 27.7. The molecule has 6 heteroatoms. The molecule has 2 aromatic carbocycles. The van der Waals surface area contributed by atoms with Crippen molar-refractivity contribution in [1.29, 1.82) is 0 Å². The minimum absolute atomic E-state index is 0.0647. The zero-order valence-electron chi connectivity index (χ0n) is 16.4. The largest absolute Gasteiger partial charge is 0.304 e. The Balaban J connectivity index is 1.86. The summed E-state index contributed by atoms with van der Waals surface area (Å²) in [7, 11) is 0. The second-order valence-corrected chi connectivity index (χ2v) is 7.75. The Morgan fingerprint density at radius 2 is 1.59 bits per heavy atom. The van der Waals surface area contributed by atoms with Crippen molar-refractivity contribution in [3.05, 3.63) is 76.8 Å². The summed E-state index contributed by atoms with van der Waals surface area (Å²) < 4.78 is 3.68. The second kappa shape index (κ2) is 6.81. The average Bonchev–Trinajstić information content (AvgIpc) is 3.02. The van der Waals surface area contributed by atoms with Crippen LogP contribution in [-0.4, -0.2) is 24.1 Å². The van der Waals surface area contributed by atoms with E-state index in [0.717, 1.165) is 16.6 Å². The topological polar surface area (TPSA) is 65.6 Å². The van der Waals surface area contributed by atoms with Gasteiger partial charge >= 0.3 is 0 Å². The lowest BCUT2D eigenvalue weighted by molar-refractivity contribution is 0.508. The number of hydrogen-bond acceptors (Lipinski definition) is 4. The Labute approximate surface area is 167 Å². The quantitative estimate of drug-likeness (QED) is 0.470. The first kappa shape index (κ1) is 17.6. The van der Waals surface area contributed by atoms with E-state index in [1.54, 1.807) is 10.9 Å². The monoisotopic (exact) mass is 383 g/mol. The fraction of sp³-hybridized carbons (Fsp3) is 0.217. The van der Waals surface area contributed by atoms with E-state index in [-0.39, 0.29) is 5.56 Å². The molecule has 0 aliphatic rings. The van der Waals surface area contributed by atoms with Gasteiger partial charge in [-0.15, -0.1) is 0 Å². The Kier molecular flexibility index (Phi) is 4.12. The molecule has 144 valence electrons. The third-order valence-corrected chi connectivity index (χ3v) is 5.06. The lowest BCUT2D eigenvalue weighted by atomic mass is 10.2. The van der Waals surface area contributed by atoms with Crippen molar-refractivity contribution in [2.45, 2.75) is 26.9 Å². The van der Waals surface area contributed by atoms with Crippen molar-refractivity contribution in [3.63, 3.8) is 0 Å². The maximum Gasteiger partial charge on any atom is 0.265 e. The number of fused-ring (bicyclic) bond motifs is 4. The summed E-state index contributed by atoms with van der Waals surface area (Å²) in [5.74, 6) is 0.344. The van der Waals surface area contributed by atoms with Crippen LogP contribution in [0.2, 0.25) is 0 Å². The van der Waals surface area contributed by atoms with Gasteiger partial charge in [-0.1, -0.05) is 56.3 Å². The van der Waals surface area contributed by atoms with E-state index < -0.39 is 0 Å². The molecule has 0 atom stereocenters. The van der Waals surface area contributed by atoms with Crippen LogP contribution < -0.4 is 5.56 Å². The molecule has 5 rings (SSSR count). The van der Waals surface area contributed by atoms with Gasteiger partial charge in [0.1, 0.15) is 10.9 Å². The van der Waals surface area contributed by atoms with Crippen molar-refractivity contribution in [2.75, 3.05) is 0 Å². The molecule has 0 saturated carbocycles. The number of aromatic nitrogens is 5. The van der Waals surface area contributed by atoms with Crippen molar-refractivity contribution in [1.82, 2.24) is 24.1 Å². The second-order valence-electron chi connectivity index (χ2n) is 7.75. The summed E-state index contributed by atoms with van der Waals surface area (Å²) >= 11 is 0. The lowest BCUT2D eigenvalue weighted by Crippen LogP contribution is -2.23. The molecular weight excluding hydrogens is 362 g/mol. The summed E-state index contributed by atoms with van der Waals surface area (Å²) in [6.07, 6.45) is 1.64. The molecule has 5 aromatic rings. The van der Waals surface area contributed by atoms with Crippen molar-refractivity contribution in [3.8, 4) is 0 Å². The molecule has 6 nitrogen and oxygen atoms in total. The lowest BCUT2D eigenvalue weighted by Gasteiger charge is -2.09. The normalized spacial score (nSPS) is 11.8. The van der Waals surface area contributed by atoms with Crippen LogP contribution in [0.5, 0.6) is 0 Å². The van der Waals surface area contributed by atoms with E-state index in [0.29, 0.717) is 41.2 Å². The summed E-state index contributed by atoms with van der Waals surface area (Å²) in [5.41, 5.74) is 4.57. The number of hydrogen-bond donors (Lipinski definition) is 0. The molecule has 0 fully saturated rings. The van der Waals surface area contributed by atoms with Gasteiger partial charge in [-0.3, -0.25) is 9.36 Å². The first-order valence-corrected chi connectivity index (χ1v) is 9.80. The molecule has 0 saturated heterocycles. The van der Waals surface area contributed by atoms with E-state index in [2.05, 4.69) is 31.0 Å². The predicted molar refractivity (Wildman–Crippen MR) is 115 cm³/mol. The maximum absolute atomic E-state index is 13.3. The molecular formula is C23H21N5O. The van der Waals surface area contributed by atoms with Gasteiger partial charge in [-0.25, -0.2) is 15.0 Å². The molecule has 0 radical (unpaired) electrons. The minimum Gasteiger partial charge on any atom is -0.304 e. The molecule has 0 aliphatic heterocycles. The Morgan fingerprint density at radius 3 is 2.31 bits per heavy atom. The standard InChI is InChI=1S/C23H21N5O/c1-15(2)12-27-14-24-21-19(23(27)29)20-22(26-18-11-7-6-10-17(18)25-20)28(21)13-16-8-4-3-5-9-16/h3-11,14-15H,12-13H2,1-2H3. The minimum atomic E-state index is -0.0647. The van der Waals surface area contributed by atoms with E-state index in [1.807, 2.05) is 47.0 Å². The van der Waals surface area contributed by atoms with Crippen LogP contribution in [0.15, 0.2) is 65.7 Å². The molecule has 0 aliphatic carbocycles. The highest BCUT2D eigenvalue weighted by atomic mass is 16.1. The van der Waals surface area contributed by atoms with Crippen LogP contribution in [0.25, 0.3) is 33.2 Å². The van der Waals surface area contributed by atoms with E-state index in [1.165, 1.54) is 0 Å². The Hall–Kier alpha value is -3.54. The molecule has 29 heavy (non-hydrogen) atoms. The molecule has 3 aromatic heterocycles. The van der Waals surface area contributed by atoms with E-state index in [4.69, 9.17) is 9.97 Å². The summed E-state index contributed by atoms with van der Waals surface area (Å²) in [6, 6.07) is 17.9. The smallest absolute Gasteiger partial charge is 0.265 e. The highest BCUT2D eigenvalue weighted by Crippen LogP contribution is 2.25. The van der Waals surface area contributed by atoms with Crippen LogP contribution in [0.1, 0.15) is 19.4 Å². The number of rotatable bonds is 4. The van der Waals surface area contributed by atoms with Gasteiger partial charge in [0, 0.05) is 6.54 Å². The number of para-hydroxylation sites is 2. The molecule has 0 N–H and O–H groups in total. The van der Waals surface area contributed by atoms with Gasteiger partial charge in [0.2, 0.25) is 0 Å². The van der Waals surface area contributed by atoms with Gasteiger partial charge in [0.05, 0.1) is 23.9 Å². The molecule has 0 unspecified atom stereocenters. The van der Waals surface area contributed by atoms with Crippen LogP contribution in [-0.2, 0) is 13.1 Å². The fourth-order valence-corrected chi connectivity index (χ4v) is 3.78. The molecule has 0 spiro atoms. The SMILES string of the molecule is CC(C)Cn1cnc2c(c1=O)c1nc3ccccc3nc1n2Cc1ccccc1. The molecule has 3 heterocycles. The molecule has 0 amide bonds. The van der Waals surface area contributed by atoms with Gasteiger partial charge in [0.15, 0.2) is 11.3 Å². The zero-order chi connectivity index (χ0) is 20.0. The van der Waals surface area contributed by atoms with Gasteiger partial charge in [0.25, 0.3) is 5.56 Å². The highest BCUT2D eigenvalue weighted by molar-refractivity contribution is 6.04. The van der Waals surface area contributed by atoms with Crippen LogP contribution >= 0.6 is 0 Å². The van der Waals surface area contributed by atoms with Gasteiger partial charge in [-0.2, -0.15) is 0 Å². The van der Waals surface area contributed by atoms with Crippen molar-refractivity contribution >= 4 is 33.2 Å². The molecule has 0 bridgehead atoms. The fourth-order valence-electron chi connectivity index (χ4n) is 3.78. The zero-order valence-corrected chi connectivity index (χ0v) is 16.4. The predicted octanol–water partition coefficient (Wildman–Crippen LogP) is 4.00. The highest BCUT2D eigenvalue weighted by Gasteiger charge is 2.20. The van der Waals surface area contributed by atoms with E-state index in [9.17, 15) is 4.79 Å². The number of nitrogens with zero attached hydrogens (tertiary/aromatic N) is 5. The Morgan fingerprint density at radius 1 is 0.897 bits per heavy atom. The van der Waals surface area contributed by atoms with E-state index >= 15 is 0 Å². The van der Waals surface area contributed by atoms with Crippen LogP contribution in [0.3, 0.4) is 0 Å². The van der Waals surface area contributed by atoms with Gasteiger partial charge < -0.3 is 4.57 Å². The number of benzene rings is 2. The third kappa shape index (κ3) is 2.97. The van der Waals surface area contributed by atoms with Crippen LogP contribution in [0, 0.1) is 5.92 Å². The first-order valence-electron chi connectivity index (χ1n) is 9.80.